The fourth-order valence-corrected chi connectivity index (χ4v) is 3.48. The highest BCUT2D eigenvalue weighted by molar-refractivity contribution is 6.30. The van der Waals surface area contributed by atoms with E-state index < -0.39 is 42.3 Å². The lowest BCUT2D eigenvalue weighted by Gasteiger charge is -2.23. The van der Waals surface area contributed by atoms with E-state index in [1.807, 2.05) is 0 Å². The minimum atomic E-state index is -1.24. The third-order valence-electron chi connectivity index (χ3n) is 5.39. The largest absolute Gasteiger partial charge is 0.497 e. The maximum Gasteiger partial charge on any atom is 0.320 e. The number of nitrogens with one attached hydrogen (secondary N) is 2. The molecular formula is C25H32ClN5O7. The Bertz CT molecular complexity index is 1110. The van der Waals surface area contributed by atoms with E-state index >= 15 is 0 Å². The normalized spacial score (nSPS) is 12.2. The zero-order valence-corrected chi connectivity index (χ0v) is 21.9. The summed E-state index contributed by atoms with van der Waals surface area (Å²) in [5.41, 5.74) is 11.8. The van der Waals surface area contributed by atoms with Gasteiger partial charge in [-0.05, 0) is 54.8 Å². The van der Waals surface area contributed by atoms with Gasteiger partial charge >= 0.3 is 5.97 Å². The summed E-state index contributed by atoms with van der Waals surface area (Å²) in [6, 6.07) is 10.4. The molecule has 206 valence electrons. The van der Waals surface area contributed by atoms with Crippen LogP contribution in [0.4, 0.5) is 0 Å². The summed E-state index contributed by atoms with van der Waals surface area (Å²) >= 11 is 5.94. The first-order valence-corrected chi connectivity index (χ1v) is 11.9. The molecule has 0 saturated carbocycles. The molecule has 2 aromatic rings. The Hall–Kier alpha value is -3.87. The SMILES string of the molecule is COc1cc(CNC(Oc2ccc(Cl)cc2)C(=O)CC(=O)N(CCCC(N)C(=O)O)C(=N)N)cc(OC)c1. The van der Waals surface area contributed by atoms with Gasteiger partial charge in [-0.25, -0.2) is 0 Å². The highest BCUT2D eigenvalue weighted by Gasteiger charge is 2.27. The molecular weight excluding hydrogens is 518 g/mol. The number of hydrogen-bond donors (Lipinski definition) is 5. The number of nitrogens with zero attached hydrogens (tertiary/aromatic N) is 1. The number of carbonyl (C=O) groups excluding carboxylic acids is 2. The van der Waals surface area contributed by atoms with Crippen molar-refractivity contribution < 1.29 is 33.7 Å². The van der Waals surface area contributed by atoms with E-state index in [0.29, 0.717) is 22.3 Å². The molecule has 38 heavy (non-hydrogen) atoms. The number of carboxylic acid groups (broad SMARTS) is 1. The molecule has 2 rings (SSSR count). The monoisotopic (exact) mass is 549 g/mol. The van der Waals surface area contributed by atoms with Crippen LogP contribution in [0.1, 0.15) is 24.8 Å². The lowest BCUT2D eigenvalue weighted by molar-refractivity contribution is -0.138. The van der Waals surface area contributed by atoms with Crippen molar-refractivity contribution in [3.63, 3.8) is 0 Å². The summed E-state index contributed by atoms with van der Waals surface area (Å²) in [4.78, 5) is 37.8. The van der Waals surface area contributed by atoms with Gasteiger partial charge in [0.25, 0.3) is 0 Å². The van der Waals surface area contributed by atoms with Crippen LogP contribution in [0, 0.1) is 5.41 Å². The first-order chi connectivity index (χ1) is 18.0. The highest BCUT2D eigenvalue weighted by atomic mass is 35.5. The first kappa shape index (κ1) is 30.4. The van der Waals surface area contributed by atoms with Crippen molar-refractivity contribution in [1.29, 1.82) is 5.41 Å². The topological polar surface area (TPSA) is 190 Å². The van der Waals surface area contributed by atoms with Crippen molar-refractivity contribution in [3.05, 3.63) is 53.1 Å². The summed E-state index contributed by atoms with van der Waals surface area (Å²) < 4.78 is 16.4. The van der Waals surface area contributed by atoms with Gasteiger partial charge in [0.2, 0.25) is 12.1 Å². The minimum absolute atomic E-state index is 0.0637. The van der Waals surface area contributed by atoms with Crippen molar-refractivity contribution in [3.8, 4) is 17.2 Å². The van der Waals surface area contributed by atoms with Gasteiger partial charge in [0, 0.05) is 24.2 Å². The molecule has 13 heteroatoms. The van der Waals surface area contributed by atoms with Crippen molar-refractivity contribution in [2.24, 2.45) is 11.5 Å². The van der Waals surface area contributed by atoms with Gasteiger partial charge in [0.1, 0.15) is 23.3 Å². The van der Waals surface area contributed by atoms with Crippen LogP contribution in [-0.2, 0) is 20.9 Å². The van der Waals surface area contributed by atoms with Crippen LogP contribution in [0.3, 0.4) is 0 Å². The van der Waals surface area contributed by atoms with Crippen LogP contribution in [-0.4, -0.2) is 66.7 Å². The van der Waals surface area contributed by atoms with E-state index in [1.165, 1.54) is 14.2 Å². The molecule has 2 atom stereocenters. The number of aliphatic carboxylic acids is 1. The number of methoxy groups -OCH3 is 2. The predicted octanol–water partition coefficient (Wildman–Crippen LogP) is 1.73. The van der Waals surface area contributed by atoms with Crippen LogP contribution < -0.4 is 31.0 Å². The van der Waals surface area contributed by atoms with E-state index in [1.54, 1.807) is 42.5 Å². The van der Waals surface area contributed by atoms with Gasteiger partial charge < -0.3 is 30.8 Å². The third-order valence-corrected chi connectivity index (χ3v) is 5.65. The van der Waals surface area contributed by atoms with E-state index in [0.717, 1.165) is 10.5 Å². The molecule has 0 aliphatic carbocycles. The van der Waals surface area contributed by atoms with Gasteiger partial charge in [-0.2, -0.15) is 0 Å². The zero-order chi connectivity index (χ0) is 28.2. The molecule has 2 unspecified atom stereocenters. The number of Topliss-reactive ketones (excluding diaryl/α,β-unsaturated/α-hetero) is 1. The van der Waals surface area contributed by atoms with Gasteiger partial charge in [0.15, 0.2) is 11.7 Å². The first-order valence-electron chi connectivity index (χ1n) is 11.6. The maximum atomic E-state index is 13.2. The fraction of sp³-hybridized carbons (Fsp3) is 0.360. The molecule has 1 amide bonds. The second-order valence-electron chi connectivity index (χ2n) is 8.21. The zero-order valence-electron chi connectivity index (χ0n) is 21.1. The molecule has 0 aliphatic rings. The number of ether oxygens (including phenoxy) is 3. The number of guanidine groups is 1. The molecule has 7 N–H and O–H groups in total. The number of benzene rings is 2. The summed E-state index contributed by atoms with van der Waals surface area (Å²) in [6.07, 6.45) is -1.63. The van der Waals surface area contributed by atoms with Gasteiger partial charge in [-0.1, -0.05) is 11.6 Å². The third kappa shape index (κ3) is 9.54. The molecule has 0 aromatic heterocycles. The molecule has 0 spiro atoms. The molecule has 0 saturated heterocycles. The van der Waals surface area contributed by atoms with Crippen molar-refractivity contribution in [1.82, 2.24) is 10.2 Å². The minimum Gasteiger partial charge on any atom is -0.497 e. The Labute approximate surface area is 225 Å². The lowest BCUT2D eigenvalue weighted by atomic mass is 10.1. The van der Waals surface area contributed by atoms with Crippen LogP contribution in [0.15, 0.2) is 42.5 Å². The Kier molecular flexibility index (Phi) is 11.8. The standard InChI is InChI=1S/C25H32ClN5O7/c1-36-18-10-15(11-19(12-18)37-2)14-30-23(38-17-7-5-16(26)6-8-17)21(32)13-22(33)31(25(28)29)9-3-4-20(27)24(34)35/h5-8,10-12,20,23,30H,3-4,9,13-14,27H2,1-2H3,(H3,28,29)(H,34,35). The fourth-order valence-electron chi connectivity index (χ4n) is 3.36. The molecule has 12 nitrogen and oxygen atoms in total. The number of carbonyl (C=O) groups is 3. The Morgan fingerprint density at radius 1 is 1.08 bits per heavy atom. The summed E-state index contributed by atoms with van der Waals surface area (Å²) in [6.45, 7) is 0.0947. The maximum absolute atomic E-state index is 13.2. The number of amides is 1. The molecule has 0 heterocycles. The van der Waals surface area contributed by atoms with E-state index in [9.17, 15) is 14.4 Å². The molecule has 0 aliphatic heterocycles. The Morgan fingerprint density at radius 2 is 1.68 bits per heavy atom. The van der Waals surface area contributed by atoms with Crippen LogP contribution in [0.5, 0.6) is 17.2 Å². The number of carboxylic acids is 1. The number of hydrogen-bond acceptors (Lipinski definition) is 9. The van der Waals surface area contributed by atoms with Crippen molar-refractivity contribution >= 4 is 35.2 Å². The van der Waals surface area contributed by atoms with E-state index in [-0.39, 0.29) is 25.9 Å². The molecule has 0 bridgehead atoms. The van der Waals surface area contributed by atoms with Gasteiger partial charge in [-0.15, -0.1) is 0 Å². The average molecular weight is 550 g/mol. The van der Waals surface area contributed by atoms with Crippen LogP contribution >= 0.6 is 11.6 Å². The average Bonchev–Trinajstić information content (AvgIpc) is 2.89. The Balaban J connectivity index is 2.16. The lowest BCUT2D eigenvalue weighted by Crippen LogP contribution is -2.47. The molecule has 0 radical (unpaired) electrons. The van der Waals surface area contributed by atoms with Crippen LogP contribution in [0.25, 0.3) is 0 Å². The summed E-state index contributed by atoms with van der Waals surface area (Å²) in [7, 11) is 3.04. The summed E-state index contributed by atoms with van der Waals surface area (Å²) in [5.74, 6) is -1.66. The predicted molar refractivity (Wildman–Crippen MR) is 140 cm³/mol. The molecule has 0 fully saturated rings. The second-order valence-corrected chi connectivity index (χ2v) is 8.65. The number of halogens is 1. The van der Waals surface area contributed by atoms with E-state index in [4.69, 9.17) is 47.8 Å². The van der Waals surface area contributed by atoms with E-state index in [2.05, 4.69) is 5.32 Å². The molecule has 2 aromatic carbocycles. The van der Waals surface area contributed by atoms with Crippen molar-refractivity contribution in [2.75, 3.05) is 20.8 Å². The quantitative estimate of drug-likeness (QED) is 0.0945. The van der Waals surface area contributed by atoms with Gasteiger partial charge in [-0.3, -0.25) is 30.0 Å². The smallest absolute Gasteiger partial charge is 0.320 e. The number of nitrogens with two attached hydrogens (primary N) is 2. The Morgan fingerprint density at radius 3 is 2.21 bits per heavy atom. The highest BCUT2D eigenvalue weighted by Crippen LogP contribution is 2.23. The number of ketones is 1. The number of rotatable bonds is 15. The van der Waals surface area contributed by atoms with Crippen LogP contribution in [0.2, 0.25) is 5.02 Å². The van der Waals surface area contributed by atoms with Gasteiger partial charge in [0.05, 0.1) is 20.6 Å². The van der Waals surface area contributed by atoms with Crippen molar-refractivity contribution in [2.45, 2.75) is 38.1 Å². The summed E-state index contributed by atoms with van der Waals surface area (Å²) in [5, 5.41) is 20.1. The second kappa shape index (κ2) is 14.8.